The van der Waals surface area contributed by atoms with Crippen molar-refractivity contribution in [2.75, 3.05) is 7.05 Å². The van der Waals surface area contributed by atoms with E-state index in [1.165, 1.54) is 0 Å². The zero-order chi connectivity index (χ0) is 22.3. The molecule has 3 aromatic heterocycles. The number of carbonyl (C=O) groups excluding carboxylic acids is 1. The predicted octanol–water partition coefficient (Wildman–Crippen LogP) is 3.50. The van der Waals surface area contributed by atoms with Gasteiger partial charge in [-0.3, -0.25) is 14.6 Å². The SMILES string of the molecule is Cc1nn(-c2ccccc2)c(C)c1CN(C)C(=O)c1cc(-c2c(C)nn(C)c2C)n[nH]1. The lowest BCUT2D eigenvalue weighted by Gasteiger charge is -2.16. The summed E-state index contributed by atoms with van der Waals surface area (Å²) in [6.45, 7) is 8.40. The Morgan fingerprint density at radius 1 is 1.03 bits per heavy atom. The molecule has 8 heteroatoms. The van der Waals surface area contributed by atoms with Gasteiger partial charge in [0, 0.05) is 43.2 Å². The van der Waals surface area contributed by atoms with Crippen molar-refractivity contribution in [2.24, 2.45) is 7.05 Å². The molecule has 0 bridgehead atoms. The molecule has 0 saturated carbocycles. The number of H-pyrrole nitrogens is 1. The van der Waals surface area contributed by atoms with Crippen LogP contribution in [-0.4, -0.2) is 47.6 Å². The fourth-order valence-corrected chi connectivity index (χ4v) is 3.94. The standard InChI is InChI=1S/C23H27N7O/c1-14-19(16(3)30(27-14)18-10-8-7-9-11-18)13-28(5)23(31)21-12-20(24-25-21)22-15(2)26-29(6)17(22)4/h7-12H,13H2,1-6H3,(H,24,25). The Hall–Kier alpha value is -3.68. The average Bonchev–Trinajstić information content (AvgIpc) is 3.41. The summed E-state index contributed by atoms with van der Waals surface area (Å²) in [6, 6.07) is 11.8. The van der Waals surface area contributed by atoms with E-state index >= 15 is 0 Å². The first-order chi connectivity index (χ1) is 14.8. The molecule has 0 atom stereocenters. The molecule has 0 fully saturated rings. The van der Waals surface area contributed by atoms with E-state index in [1.807, 2.05) is 74.4 Å². The number of aromatic nitrogens is 6. The molecule has 1 aromatic carbocycles. The minimum absolute atomic E-state index is 0.121. The van der Waals surface area contributed by atoms with Gasteiger partial charge in [-0.25, -0.2) is 4.68 Å². The van der Waals surface area contributed by atoms with Crippen LogP contribution in [-0.2, 0) is 13.6 Å². The van der Waals surface area contributed by atoms with Crippen LogP contribution in [0.3, 0.4) is 0 Å². The minimum Gasteiger partial charge on any atom is -0.336 e. The van der Waals surface area contributed by atoms with Crippen molar-refractivity contribution < 1.29 is 4.79 Å². The normalized spacial score (nSPS) is 11.2. The van der Waals surface area contributed by atoms with E-state index in [1.54, 1.807) is 18.0 Å². The van der Waals surface area contributed by atoms with Gasteiger partial charge in [0.25, 0.3) is 5.91 Å². The molecule has 0 unspecified atom stereocenters. The number of carbonyl (C=O) groups is 1. The Bertz CT molecular complexity index is 1250. The van der Waals surface area contributed by atoms with E-state index in [0.717, 1.165) is 45.3 Å². The lowest BCUT2D eigenvalue weighted by atomic mass is 10.1. The fraction of sp³-hybridized carbons (Fsp3) is 0.304. The molecule has 31 heavy (non-hydrogen) atoms. The number of amides is 1. The van der Waals surface area contributed by atoms with Crippen LogP contribution in [0.5, 0.6) is 0 Å². The first-order valence-corrected chi connectivity index (χ1v) is 10.2. The summed E-state index contributed by atoms with van der Waals surface area (Å²) >= 11 is 0. The Balaban J connectivity index is 1.56. The molecule has 4 rings (SSSR count). The lowest BCUT2D eigenvalue weighted by molar-refractivity contribution is 0.0779. The van der Waals surface area contributed by atoms with Crippen LogP contribution in [0.4, 0.5) is 0 Å². The van der Waals surface area contributed by atoms with Gasteiger partial charge < -0.3 is 4.90 Å². The number of benzene rings is 1. The van der Waals surface area contributed by atoms with Gasteiger partial charge >= 0.3 is 0 Å². The van der Waals surface area contributed by atoms with Gasteiger partial charge in [0.2, 0.25) is 0 Å². The Morgan fingerprint density at radius 3 is 2.39 bits per heavy atom. The van der Waals surface area contributed by atoms with Crippen LogP contribution in [0.1, 0.15) is 38.8 Å². The van der Waals surface area contributed by atoms with Crippen molar-refractivity contribution in [1.82, 2.24) is 34.7 Å². The third-order valence-corrected chi connectivity index (χ3v) is 5.76. The van der Waals surface area contributed by atoms with Crippen molar-refractivity contribution in [3.63, 3.8) is 0 Å². The van der Waals surface area contributed by atoms with Crippen LogP contribution in [0.15, 0.2) is 36.4 Å². The lowest BCUT2D eigenvalue weighted by Crippen LogP contribution is -2.27. The van der Waals surface area contributed by atoms with Crippen LogP contribution in [0.2, 0.25) is 0 Å². The van der Waals surface area contributed by atoms with Crippen molar-refractivity contribution in [2.45, 2.75) is 34.2 Å². The summed E-state index contributed by atoms with van der Waals surface area (Å²) in [7, 11) is 3.70. The van der Waals surface area contributed by atoms with Gasteiger partial charge in [-0.05, 0) is 45.9 Å². The van der Waals surface area contributed by atoms with E-state index in [0.29, 0.717) is 12.2 Å². The average molecular weight is 418 g/mol. The van der Waals surface area contributed by atoms with Crippen molar-refractivity contribution in [1.29, 1.82) is 0 Å². The molecular weight excluding hydrogens is 390 g/mol. The van der Waals surface area contributed by atoms with Gasteiger partial charge in [0.05, 0.1) is 22.8 Å². The molecule has 1 amide bonds. The van der Waals surface area contributed by atoms with E-state index in [-0.39, 0.29) is 5.91 Å². The summed E-state index contributed by atoms with van der Waals surface area (Å²) in [5, 5.41) is 16.4. The molecule has 0 saturated heterocycles. The summed E-state index contributed by atoms with van der Waals surface area (Å²) in [4.78, 5) is 14.8. The Kier molecular flexibility index (Phi) is 5.22. The predicted molar refractivity (Wildman–Crippen MR) is 119 cm³/mol. The monoisotopic (exact) mass is 417 g/mol. The maximum Gasteiger partial charge on any atom is 0.271 e. The van der Waals surface area contributed by atoms with E-state index in [4.69, 9.17) is 0 Å². The number of aromatic amines is 1. The number of hydrogen-bond acceptors (Lipinski definition) is 4. The molecule has 3 heterocycles. The second kappa shape index (κ2) is 7.86. The van der Waals surface area contributed by atoms with E-state index < -0.39 is 0 Å². The highest BCUT2D eigenvalue weighted by Crippen LogP contribution is 2.26. The summed E-state index contributed by atoms with van der Waals surface area (Å²) in [5.41, 5.74) is 8.01. The number of nitrogens with one attached hydrogen (secondary N) is 1. The topological polar surface area (TPSA) is 84.6 Å². The second-order valence-electron chi connectivity index (χ2n) is 7.89. The maximum absolute atomic E-state index is 13.1. The van der Waals surface area contributed by atoms with Crippen molar-refractivity contribution in [3.05, 3.63) is 70.4 Å². The molecule has 0 aliphatic heterocycles. The number of hydrogen-bond donors (Lipinski definition) is 1. The number of rotatable bonds is 5. The van der Waals surface area contributed by atoms with E-state index in [2.05, 4.69) is 20.4 Å². The largest absolute Gasteiger partial charge is 0.336 e. The highest BCUT2D eigenvalue weighted by molar-refractivity contribution is 5.93. The van der Waals surface area contributed by atoms with Crippen LogP contribution < -0.4 is 0 Å². The molecule has 0 radical (unpaired) electrons. The van der Waals surface area contributed by atoms with Crippen LogP contribution in [0.25, 0.3) is 16.9 Å². The number of para-hydroxylation sites is 1. The summed E-state index contributed by atoms with van der Waals surface area (Å²) < 4.78 is 3.74. The summed E-state index contributed by atoms with van der Waals surface area (Å²) in [6.07, 6.45) is 0. The van der Waals surface area contributed by atoms with Gasteiger partial charge in [0.1, 0.15) is 5.69 Å². The molecule has 0 aliphatic carbocycles. The maximum atomic E-state index is 13.1. The third kappa shape index (κ3) is 3.65. The van der Waals surface area contributed by atoms with Crippen molar-refractivity contribution >= 4 is 5.91 Å². The van der Waals surface area contributed by atoms with Crippen molar-refractivity contribution in [3.8, 4) is 16.9 Å². The summed E-state index contributed by atoms with van der Waals surface area (Å²) in [5.74, 6) is -0.121. The molecule has 8 nitrogen and oxygen atoms in total. The Labute approximate surface area is 181 Å². The van der Waals surface area contributed by atoms with Gasteiger partial charge in [-0.15, -0.1) is 0 Å². The molecule has 0 spiro atoms. The number of nitrogens with zero attached hydrogens (tertiary/aromatic N) is 6. The highest BCUT2D eigenvalue weighted by Gasteiger charge is 2.21. The molecular formula is C23H27N7O. The molecule has 4 aromatic rings. The van der Waals surface area contributed by atoms with Gasteiger partial charge in [0.15, 0.2) is 0 Å². The van der Waals surface area contributed by atoms with Crippen LogP contribution >= 0.6 is 0 Å². The minimum atomic E-state index is -0.121. The first kappa shape index (κ1) is 20.6. The third-order valence-electron chi connectivity index (χ3n) is 5.76. The van der Waals surface area contributed by atoms with Crippen LogP contribution in [0, 0.1) is 27.7 Å². The molecule has 0 aliphatic rings. The number of aryl methyl sites for hydroxylation is 3. The highest BCUT2D eigenvalue weighted by atomic mass is 16.2. The smallest absolute Gasteiger partial charge is 0.271 e. The zero-order valence-electron chi connectivity index (χ0n) is 18.8. The van der Waals surface area contributed by atoms with Gasteiger partial charge in [-0.1, -0.05) is 18.2 Å². The Morgan fingerprint density at radius 2 is 1.74 bits per heavy atom. The van der Waals surface area contributed by atoms with E-state index in [9.17, 15) is 4.79 Å². The molecule has 160 valence electrons. The van der Waals surface area contributed by atoms with Gasteiger partial charge in [-0.2, -0.15) is 15.3 Å². The second-order valence-corrected chi connectivity index (χ2v) is 7.89. The first-order valence-electron chi connectivity index (χ1n) is 10.2. The fourth-order valence-electron chi connectivity index (χ4n) is 3.94. The zero-order valence-corrected chi connectivity index (χ0v) is 18.8. The quantitative estimate of drug-likeness (QED) is 0.539. The molecule has 1 N–H and O–H groups in total.